The normalized spacial score (nSPS) is 10.8. The molecule has 0 amide bonds. The molecule has 0 radical (unpaired) electrons. The Bertz CT molecular complexity index is 844. The second-order valence-electron chi connectivity index (χ2n) is 5.28. The lowest BCUT2D eigenvalue weighted by atomic mass is 10.2. The molecular weight excluding hydrogens is 324 g/mol. The molecule has 3 rings (SSSR count). The summed E-state index contributed by atoms with van der Waals surface area (Å²) in [5.41, 5.74) is 8.71. The first-order chi connectivity index (χ1) is 11.5. The molecule has 0 aliphatic carbocycles. The summed E-state index contributed by atoms with van der Waals surface area (Å²) in [6, 6.07) is 7.90. The van der Waals surface area contributed by atoms with Gasteiger partial charge in [-0.2, -0.15) is 15.0 Å². The maximum absolute atomic E-state index is 5.80. The van der Waals surface area contributed by atoms with Crippen molar-refractivity contribution >= 4 is 29.3 Å². The molecule has 124 valence electrons. The SMILES string of the molecule is Cc1ccccc1Nc1nc(N)nc(CSc2nc(C)c(C)o2)n1. The van der Waals surface area contributed by atoms with Gasteiger partial charge in [0.25, 0.3) is 5.22 Å². The zero-order valence-electron chi connectivity index (χ0n) is 13.7. The van der Waals surface area contributed by atoms with Crippen LogP contribution in [0.25, 0.3) is 0 Å². The third-order valence-corrected chi connectivity index (χ3v) is 4.25. The van der Waals surface area contributed by atoms with Gasteiger partial charge < -0.3 is 15.5 Å². The quantitative estimate of drug-likeness (QED) is 0.680. The number of rotatable bonds is 5. The molecule has 3 N–H and O–H groups in total. The van der Waals surface area contributed by atoms with E-state index in [4.69, 9.17) is 10.2 Å². The third-order valence-electron chi connectivity index (χ3n) is 3.42. The highest BCUT2D eigenvalue weighted by Crippen LogP contribution is 2.24. The van der Waals surface area contributed by atoms with Crippen LogP contribution in [-0.2, 0) is 5.75 Å². The van der Waals surface area contributed by atoms with Crippen molar-refractivity contribution in [2.75, 3.05) is 11.1 Å². The van der Waals surface area contributed by atoms with Gasteiger partial charge in [0.05, 0.1) is 11.4 Å². The van der Waals surface area contributed by atoms with Gasteiger partial charge in [-0.3, -0.25) is 0 Å². The van der Waals surface area contributed by atoms with E-state index in [9.17, 15) is 0 Å². The molecule has 0 saturated heterocycles. The van der Waals surface area contributed by atoms with E-state index < -0.39 is 0 Å². The number of para-hydroxylation sites is 1. The second kappa shape index (κ2) is 6.88. The van der Waals surface area contributed by atoms with Crippen LogP contribution in [0, 0.1) is 20.8 Å². The molecule has 0 saturated carbocycles. The first-order valence-corrected chi connectivity index (χ1v) is 8.40. The number of aryl methyl sites for hydroxylation is 3. The number of nitrogens with one attached hydrogen (secondary N) is 1. The number of thioether (sulfide) groups is 1. The van der Waals surface area contributed by atoms with Crippen LogP contribution >= 0.6 is 11.8 Å². The molecule has 7 nitrogen and oxygen atoms in total. The second-order valence-corrected chi connectivity index (χ2v) is 6.21. The van der Waals surface area contributed by atoms with E-state index in [-0.39, 0.29) is 5.95 Å². The number of oxazole rings is 1. The van der Waals surface area contributed by atoms with Crippen molar-refractivity contribution in [1.82, 2.24) is 19.9 Å². The molecule has 0 bridgehead atoms. The van der Waals surface area contributed by atoms with Crippen LogP contribution in [0.5, 0.6) is 0 Å². The van der Waals surface area contributed by atoms with E-state index in [1.165, 1.54) is 11.8 Å². The van der Waals surface area contributed by atoms with Crippen molar-refractivity contribution in [2.45, 2.75) is 31.7 Å². The summed E-state index contributed by atoms with van der Waals surface area (Å²) in [7, 11) is 0. The Kier molecular flexibility index (Phi) is 4.66. The lowest BCUT2D eigenvalue weighted by Crippen LogP contribution is -2.07. The Balaban J connectivity index is 1.75. The summed E-state index contributed by atoms with van der Waals surface area (Å²) in [6.07, 6.45) is 0. The summed E-state index contributed by atoms with van der Waals surface area (Å²) in [6.45, 7) is 5.81. The standard InChI is InChI=1S/C16H18N6OS/c1-9-6-4-5-7-12(9)19-15-21-13(20-14(17)22-15)8-24-16-18-10(2)11(3)23-16/h4-7H,8H2,1-3H3,(H3,17,19,20,21,22). The van der Waals surface area contributed by atoms with Gasteiger partial charge in [0, 0.05) is 5.69 Å². The first kappa shape index (κ1) is 16.3. The molecule has 24 heavy (non-hydrogen) atoms. The first-order valence-electron chi connectivity index (χ1n) is 7.41. The molecule has 8 heteroatoms. The molecular formula is C16H18N6OS. The molecule has 0 spiro atoms. The predicted octanol–water partition coefficient (Wildman–Crippen LogP) is 3.40. The van der Waals surface area contributed by atoms with Gasteiger partial charge in [0.15, 0.2) is 0 Å². The fraction of sp³-hybridized carbons (Fsp3) is 0.250. The van der Waals surface area contributed by atoms with Gasteiger partial charge in [-0.15, -0.1) is 0 Å². The number of nitrogens with zero attached hydrogens (tertiary/aromatic N) is 4. The zero-order valence-corrected chi connectivity index (χ0v) is 14.5. The van der Waals surface area contributed by atoms with Gasteiger partial charge in [0.2, 0.25) is 11.9 Å². The largest absolute Gasteiger partial charge is 0.437 e. The van der Waals surface area contributed by atoms with Gasteiger partial charge in [0.1, 0.15) is 11.6 Å². The number of hydrogen-bond acceptors (Lipinski definition) is 8. The molecule has 2 heterocycles. The smallest absolute Gasteiger partial charge is 0.256 e. The fourth-order valence-corrected chi connectivity index (χ4v) is 2.79. The maximum Gasteiger partial charge on any atom is 0.256 e. The summed E-state index contributed by atoms with van der Waals surface area (Å²) in [5.74, 6) is 2.48. The van der Waals surface area contributed by atoms with Crippen molar-refractivity contribution in [1.29, 1.82) is 0 Å². The lowest BCUT2D eigenvalue weighted by molar-refractivity contribution is 0.431. The molecule has 1 aromatic carbocycles. The van der Waals surface area contributed by atoms with Crippen LogP contribution in [0.1, 0.15) is 22.8 Å². The van der Waals surface area contributed by atoms with Crippen LogP contribution in [0.15, 0.2) is 33.9 Å². The number of benzene rings is 1. The van der Waals surface area contributed by atoms with Crippen LogP contribution in [0.4, 0.5) is 17.6 Å². The number of nitrogens with two attached hydrogens (primary N) is 1. The lowest BCUT2D eigenvalue weighted by Gasteiger charge is -2.09. The Labute approximate surface area is 144 Å². The maximum atomic E-state index is 5.80. The minimum absolute atomic E-state index is 0.177. The molecule has 2 aromatic heterocycles. The average Bonchev–Trinajstić information content (AvgIpc) is 2.86. The Morgan fingerprint density at radius 2 is 1.88 bits per heavy atom. The van der Waals surface area contributed by atoms with Crippen molar-refractivity contribution in [3.05, 3.63) is 47.1 Å². The average molecular weight is 342 g/mol. The Morgan fingerprint density at radius 3 is 2.58 bits per heavy atom. The van der Waals surface area contributed by atoms with E-state index >= 15 is 0 Å². The van der Waals surface area contributed by atoms with E-state index in [1.807, 2.05) is 45.0 Å². The van der Waals surface area contributed by atoms with Gasteiger partial charge in [-0.1, -0.05) is 30.0 Å². The van der Waals surface area contributed by atoms with E-state index in [0.717, 1.165) is 22.7 Å². The van der Waals surface area contributed by atoms with Crippen LogP contribution in [-0.4, -0.2) is 19.9 Å². The van der Waals surface area contributed by atoms with E-state index in [0.29, 0.717) is 22.7 Å². The minimum Gasteiger partial charge on any atom is -0.437 e. The Hall–Kier alpha value is -2.61. The van der Waals surface area contributed by atoms with Crippen LogP contribution < -0.4 is 11.1 Å². The van der Waals surface area contributed by atoms with Crippen molar-refractivity contribution < 1.29 is 4.42 Å². The van der Waals surface area contributed by atoms with Gasteiger partial charge in [-0.05, 0) is 32.4 Å². The summed E-state index contributed by atoms with van der Waals surface area (Å²) >= 11 is 1.42. The molecule has 0 atom stereocenters. The highest BCUT2D eigenvalue weighted by atomic mass is 32.2. The molecule has 3 aromatic rings. The number of anilines is 3. The highest BCUT2D eigenvalue weighted by molar-refractivity contribution is 7.98. The third kappa shape index (κ3) is 3.83. The summed E-state index contributed by atoms with van der Waals surface area (Å²) < 4.78 is 5.54. The fourth-order valence-electron chi connectivity index (χ4n) is 2.02. The molecule has 0 aliphatic heterocycles. The number of aromatic nitrogens is 4. The summed E-state index contributed by atoms with van der Waals surface area (Å²) in [5, 5.41) is 3.77. The van der Waals surface area contributed by atoms with Crippen molar-refractivity contribution in [3.8, 4) is 0 Å². The predicted molar refractivity (Wildman–Crippen MR) is 94.2 cm³/mol. The minimum atomic E-state index is 0.177. The molecule has 0 unspecified atom stereocenters. The summed E-state index contributed by atoms with van der Waals surface area (Å²) in [4.78, 5) is 17.0. The van der Waals surface area contributed by atoms with Crippen LogP contribution in [0.2, 0.25) is 0 Å². The molecule has 0 fully saturated rings. The van der Waals surface area contributed by atoms with E-state index in [2.05, 4.69) is 25.3 Å². The van der Waals surface area contributed by atoms with Gasteiger partial charge in [-0.25, -0.2) is 4.98 Å². The van der Waals surface area contributed by atoms with Crippen LogP contribution in [0.3, 0.4) is 0 Å². The monoisotopic (exact) mass is 342 g/mol. The molecule has 0 aliphatic rings. The Morgan fingerprint density at radius 1 is 1.08 bits per heavy atom. The van der Waals surface area contributed by atoms with Crippen molar-refractivity contribution in [3.63, 3.8) is 0 Å². The number of nitrogen functional groups attached to an aromatic ring is 1. The topological polar surface area (TPSA) is 103 Å². The highest BCUT2D eigenvalue weighted by Gasteiger charge is 2.10. The zero-order chi connectivity index (χ0) is 17.1. The van der Waals surface area contributed by atoms with E-state index in [1.54, 1.807) is 0 Å². The van der Waals surface area contributed by atoms with Gasteiger partial charge >= 0.3 is 0 Å². The van der Waals surface area contributed by atoms with Crippen molar-refractivity contribution in [2.24, 2.45) is 0 Å². The number of hydrogen-bond donors (Lipinski definition) is 2.